The monoisotopic (exact) mass is 361 g/mol. The molecule has 0 bridgehead atoms. The van der Waals surface area contributed by atoms with Gasteiger partial charge in [-0.05, 0) is 43.7 Å². The normalized spacial score (nSPS) is 14.6. The van der Waals surface area contributed by atoms with Gasteiger partial charge in [0.25, 0.3) is 5.91 Å². The van der Waals surface area contributed by atoms with Crippen molar-refractivity contribution in [2.75, 3.05) is 26.2 Å². The lowest BCUT2D eigenvalue weighted by atomic mass is 10.1. The van der Waals surface area contributed by atoms with Gasteiger partial charge in [0.15, 0.2) is 11.6 Å². The Hall–Kier alpha value is -2.70. The number of aryl methyl sites for hydroxylation is 2. The molecule has 1 aromatic carbocycles. The summed E-state index contributed by atoms with van der Waals surface area (Å²) in [6, 6.07) is 5.10. The maximum atomic E-state index is 13.3. The predicted molar refractivity (Wildman–Crippen MR) is 92.8 cm³/mol. The van der Waals surface area contributed by atoms with Crippen LogP contribution in [0.3, 0.4) is 0 Å². The molecule has 5 nitrogen and oxygen atoms in total. The minimum absolute atomic E-state index is 0.0204. The van der Waals surface area contributed by atoms with Gasteiger partial charge in [0.05, 0.1) is 6.42 Å². The van der Waals surface area contributed by atoms with Gasteiger partial charge >= 0.3 is 0 Å². The zero-order valence-electron chi connectivity index (χ0n) is 14.8. The van der Waals surface area contributed by atoms with Crippen LogP contribution in [0, 0.1) is 25.5 Å². The molecule has 0 saturated carbocycles. The molecule has 1 fully saturated rings. The van der Waals surface area contributed by atoms with Crippen molar-refractivity contribution in [1.29, 1.82) is 0 Å². The van der Waals surface area contributed by atoms with E-state index < -0.39 is 11.6 Å². The van der Waals surface area contributed by atoms with E-state index in [1.165, 1.54) is 6.07 Å². The van der Waals surface area contributed by atoms with Gasteiger partial charge in [-0.15, -0.1) is 0 Å². The van der Waals surface area contributed by atoms with Crippen LogP contribution in [0.25, 0.3) is 0 Å². The summed E-state index contributed by atoms with van der Waals surface area (Å²) in [7, 11) is 0. The molecule has 1 N–H and O–H groups in total. The Labute approximate surface area is 150 Å². The summed E-state index contributed by atoms with van der Waals surface area (Å²) in [5, 5.41) is 0. The summed E-state index contributed by atoms with van der Waals surface area (Å²) >= 11 is 0. The first-order chi connectivity index (χ1) is 12.3. The van der Waals surface area contributed by atoms with Crippen LogP contribution in [0.15, 0.2) is 24.3 Å². The largest absolute Gasteiger partial charge is 0.362 e. The molecule has 2 aromatic rings. The van der Waals surface area contributed by atoms with E-state index in [0.29, 0.717) is 32.6 Å². The number of halogens is 2. The molecular formula is C19H21F2N3O2. The lowest BCUT2D eigenvalue weighted by Crippen LogP contribution is -2.51. The number of nitrogens with zero attached hydrogens (tertiary/aromatic N) is 2. The summed E-state index contributed by atoms with van der Waals surface area (Å²) < 4.78 is 26.3. The van der Waals surface area contributed by atoms with Gasteiger partial charge in [0.1, 0.15) is 0 Å². The first kappa shape index (κ1) is 18.1. The van der Waals surface area contributed by atoms with Crippen molar-refractivity contribution in [3.63, 3.8) is 0 Å². The zero-order valence-corrected chi connectivity index (χ0v) is 14.8. The highest BCUT2D eigenvalue weighted by atomic mass is 19.2. The van der Waals surface area contributed by atoms with Crippen LogP contribution in [-0.4, -0.2) is 52.8 Å². The van der Waals surface area contributed by atoms with Gasteiger partial charge in [-0.3, -0.25) is 9.59 Å². The lowest BCUT2D eigenvalue weighted by molar-refractivity contribution is -0.131. The third-order valence-electron chi connectivity index (χ3n) is 4.68. The molecule has 138 valence electrons. The van der Waals surface area contributed by atoms with Crippen molar-refractivity contribution in [2.45, 2.75) is 20.3 Å². The molecule has 2 heterocycles. The smallest absolute Gasteiger partial charge is 0.254 e. The third-order valence-corrected chi connectivity index (χ3v) is 4.68. The van der Waals surface area contributed by atoms with Crippen molar-refractivity contribution in [1.82, 2.24) is 14.8 Å². The molecule has 0 atom stereocenters. The van der Waals surface area contributed by atoms with Gasteiger partial charge in [0, 0.05) is 43.1 Å². The fourth-order valence-corrected chi connectivity index (χ4v) is 3.21. The highest BCUT2D eigenvalue weighted by Gasteiger charge is 2.25. The maximum absolute atomic E-state index is 13.3. The van der Waals surface area contributed by atoms with Gasteiger partial charge < -0.3 is 14.8 Å². The fourth-order valence-electron chi connectivity index (χ4n) is 3.21. The number of nitrogens with one attached hydrogen (secondary N) is 1. The van der Waals surface area contributed by atoms with Crippen molar-refractivity contribution >= 4 is 11.8 Å². The molecule has 3 rings (SSSR count). The second-order valence-electron chi connectivity index (χ2n) is 6.58. The summed E-state index contributed by atoms with van der Waals surface area (Å²) in [5.74, 6) is -2.35. The minimum Gasteiger partial charge on any atom is -0.362 e. The number of H-pyrrole nitrogens is 1. The van der Waals surface area contributed by atoms with Crippen LogP contribution in [-0.2, 0) is 11.2 Å². The van der Waals surface area contributed by atoms with Crippen molar-refractivity contribution in [2.24, 2.45) is 0 Å². The van der Waals surface area contributed by atoms with Crippen LogP contribution >= 0.6 is 0 Å². The second kappa shape index (κ2) is 7.27. The van der Waals surface area contributed by atoms with E-state index in [1.54, 1.807) is 9.80 Å². The van der Waals surface area contributed by atoms with Gasteiger partial charge in [-0.2, -0.15) is 0 Å². The van der Waals surface area contributed by atoms with Crippen LogP contribution in [0.2, 0.25) is 0 Å². The summed E-state index contributed by atoms with van der Waals surface area (Å²) in [5.41, 5.74) is 3.10. The first-order valence-corrected chi connectivity index (χ1v) is 8.52. The molecule has 1 aliphatic heterocycles. The first-order valence-electron chi connectivity index (χ1n) is 8.52. The average molecular weight is 361 g/mol. The molecule has 0 unspecified atom stereocenters. The van der Waals surface area contributed by atoms with Gasteiger partial charge in [0.2, 0.25) is 5.91 Å². The zero-order chi connectivity index (χ0) is 18.8. The second-order valence-corrected chi connectivity index (χ2v) is 6.58. The third kappa shape index (κ3) is 3.76. The van der Waals surface area contributed by atoms with E-state index in [2.05, 4.69) is 4.98 Å². The van der Waals surface area contributed by atoms with Crippen LogP contribution in [0.1, 0.15) is 27.3 Å². The quantitative estimate of drug-likeness (QED) is 0.913. The number of rotatable bonds is 3. The highest BCUT2D eigenvalue weighted by Crippen LogP contribution is 2.15. The molecule has 2 amide bonds. The SMILES string of the molecule is Cc1cc(CC(=O)N2CCN(C(=O)c3ccc(F)c(F)c3)CC2)c(C)[nH]1. The summed E-state index contributed by atoms with van der Waals surface area (Å²) in [4.78, 5) is 31.4. The van der Waals surface area contributed by atoms with Gasteiger partial charge in [-0.25, -0.2) is 8.78 Å². The molecule has 1 aliphatic rings. The molecule has 1 aromatic heterocycles. The van der Waals surface area contributed by atoms with Gasteiger partial charge in [-0.1, -0.05) is 0 Å². The van der Waals surface area contributed by atoms with Crippen molar-refractivity contribution < 1.29 is 18.4 Å². The van der Waals surface area contributed by atoms with E-state index in [9.17, 15) is 18.4 Å². The molecule has 0 aliphatic carbocycles. The number of carbonyl (C=O) groups is 2. The number of hydrogen-bond donors (Lipinski definition) is 1. The van der Waals surface area contributed by atoms with E-state index in [1.807, 2.05) is 19.9 Å². The molecule has 0 radical (unpaired) electrons. The number of piperazine rings is 1. The number of aromatic amines is 1. The molecule has 0 spiro atoms. The topological polar surface area (TPSA) is 56.4 Å². The Morgan fingerprint density at radius 3 is 2.23 bits per heavy atom. The Bertz CT molecular complexity index is 839. The highest BCUT2D eigenvalue weighted by molar-refractivity contribution is 5.94. The molecule has 26 heavy (non-hydrogen) atoms. The van der Waals surface area contributed by atoms with E-state index >= 15 is 0 Å². The van der Waals surface area contributed by atoms with E-state index in [0.717, 1.165) is 29.1 Å². The Balaban J connectivity index is 1.58. The molecule has 1 saturated heterocycles. The Morgan fingerprint density at radius 1 is 1.00 bits per heavy atom. The summed E-state index contributed by atoms with van der Waals surface area (Å²) in [6.07, 6.45) is 0.327. The van der Waals surface area contributed by atoms with E-state index in [-0.39, 0.29) is 17.4 Å². The number of hydrogen-bond acceptors (Lipinski definition) is 2. The van der Waals surface area contributed by atoms with E-state index in [4.69, 9.17) is 0 Å². The predicted octanol–water partition coefficient (Wildman–Crippen LogP) is 2.44. The van der Waals surface area contributed by atoms with Crippen molar-refractivity contribution in [3.8, 4) is 0 Å². The molecular weight excluding hydrogens is 340 g/mol. The number of carbonyl (C=O) groups excluding carboxylic acids is 2. The van der Waals surface area contributed by atoms with Crippen molar-refractivity contribution in [3.05, 3.63) is 58.4 Å². The number of amides is 2. The Morgan fingerprint density at radius 2 is 1.65 bits per heavy atom. The van der Waals surface area contributed by atoms with Crippen LogP contribution in [0.4, 0.5) is 8.78 Å². The minimum atomic E-state index is -1.04. The summed E-state index contributed by atoms with van der Waals surface area (Å²) in [6.45, 7) is 5.48. The van der Waals surface area contributed by atoms with Crippen LogP contribution in [0.5, 0.6) is 0 Å². The maximum Gasteiger partial charge on any atom is 0.254 e. The standard InChI is InChI=1S/C19H21F2N3O2/c1-12-9-15(13(2)22-12)11-18(25)23-5-7-24(8-6-23)19(26)14-3-4-16(20)17(21)10-14/h3-4,9-10,22H,5-8,11H2,1-2H3. The lowest BCUT2D eigenvalue weighted by Gasteiger charge is -2.35. The fraction of sp³-hybridized carbons (Fsp3) is 0.368. The molecule has 7 heteroatoms. The number of aromatic nitrogens is 1. The Kier molecular flexibility index (Phi) is 5.06. The van der Waals surface area contributed by atoms with Crippen LogP contribution < -0.4 is 0 Å². The number of benzene rings is 1. The average Bonchev–Trinajstić information content (AvgIpc) is 2.94.